The lowest BCUT2D eigenvalue weighted by Gasteiger charge is -2.21. The normalized spacial score (nSPS) is 27.7. The molecule has 4 atom stereocenters. The number of ether oxygens (including phenoxy) is 2. The van der Waals surface area contributed by atoms with Crippen LogP contribution in [0.15, 0.2) is 24.4 Å². The number of hydrogen-bond acceptors (Lipinski definition) is 4. The molecule has 3 aliphatic rings. The molecule has 186 valence electrons. The van der Waals surface area contributed by atoms with E-state index in [1.165, 1.54) is 0 Å². The number of anilines is 1. The van der Waals surface area contributed by atoms with Gasteiger partial charge in [-0.1, -0.05) is 0 Å². The lowest BCUT2D eigenvalue weighted by molar-refractivity contribution is -0.141. The van der Waals surface area contributed by atoms with Gasteiger partial charge in [-0.15, -0.1) is 0 Å². The first kappa shape index (κ1) is 23.5. The van der Waals surface area contributed by atoms with E-state index in [1.54, 1.807) is 6.20 Å². The Morgan fingerprint density at radius 3 is 2.82 bits per heavy atom. The van der Waals surface area contributed by atoms with Gasteiger partial charge in [0, 0.05) is 42.3 Å². The number of carbonyl (C=O) groups excluding carboxylic acids is 1. The number of benzene rings is 1. The monoisotopic (exact) mass is 479 g/mol. The van der Waals surface area contributed by atoms with Crippen LogP contribution in [0.5, 0.6) is 5.75 Å². The van der Waals surface area contributed by atoms with Gasteiger partial charge in [-0.25, -0.2) is 0 Å². The Morgan fingerprint density at radius 1 is 1.21 bits per heavy atom. The third-order valence-electron chi connectivity index (χ3n) is 7.76. The highest BCUT2D eigenvalue weighted by molar-refractivity contribution is 6.02. The summed E-state index contributed by atoms with van der Waals surface area (Å²) in [6.45, 7) is 2.45. The Balaban J connectivity index is 1.14. The average Bonchev–Trinajstić information content (AvgIpc) is 3.49. The first-order valence-electron chi connectivity index (χ1n) is 12.3. The number of alkyl halides is 3. The van der Waals surface area contributed by atoms with Gasteiger partial charge in [-0.05, 0) is 74.6 Å². The van der Waals surface area contributed by atoms with E-state index in [1.807, 2.05) is 18.2 Å². The molecule has 2 saturated heterocycles. The molecule has 3 N–H and O–H groups in total. The van der Waals surface area contributed by atoms with Crippen molar-refractivity contribution < 1.29 is 27.4 Å². The molecule has 2 aromatic rings. The number of H-pyrrole nitrogens is 1. The van der Waals surface area contributed by atoms with Crippen LogP contribution in [0.2, 0.25) is 0 Å². The maximum Gasteiger partial charge on any atom is 0.390 e. The van der Waals surface area contributed by atoms with Gasteiger partial charge in [-0.2, -0.15) is 13.2 Å². The zero-order chi connectivity index (χ0) is 23.7. The zero-order valence-corrected chi connectivity index (χ0v) is 19.1. The van der Waals surface area contributed by atoms with Gasteiger partial charge in [0.05, 0.1) is 18.7 Å². The molecule has 2 aliphatic heterocycles. The molecule has 0 unspecified atom stereocenters. The summed E-state index contributed by atoms with van der Waals surface area (Å²) in [5.74, 6) is 1.57. The van der Waals surface area contributed by atoms with Gasteiger partial charge in [0.25, 0.3) is 0 Å². The fraction of sp³-hybridized carbons (Fsp3) is 0.640. The molecule has 1 aliphatic carbocycles. The van der Waals surface area contributed by atoms with Gasteiger partial charge in [0.2, 0.25) is 5.91 Å². The molecular formula is C25H32F3N3O3. The minimum Gasteiger partial charge on any atom is -0.494 e. The molecule has 5 rings (SSSR count). The summed E-state index contributed by atoms with van der Waals surface area (Å²) in [6, 6.07) is 5.32. The molecule has 1 aromatic carbocycles. The van der Waals surface area contributed by atoms with Crippen LogP contribution < -0.4 is 15.4 Å². The van der Waals surface area contributed by atoms with E-state index in [4.69, 9.17) is 9.47 Å². The minimum absolute atomic E-state index is 0.0145. The van der Waals surface area contributed by atoms with Gasteiger partial charge in [-0.3, -0.25) is 4.79 Å². The number of hydrogen-bond donors (Lipinski definition) is 3. The Hall–Kier alpha value is -2.26. The second kappa shape index (κ2) is 9.77. The first-order valence-corrected chi connectivity index (χ1v) is 12.3. The van der Waals surface area contributed by atoms with Crippen LogP contribution in [0.4, 0.5) is 18.9 Å². The predicted molar refractivity (Wildman–Crippen MR) is 123 cm³/mol. The van der Waals surface area contributed by atoms with Crippen LogP contribution in [0.1, 0.15) is 38.5 Å². The second-order valence-corrected chi connectivity index (χ2v) is 10.0. The molecule has 3 heterocycles. The summed E-state index contributed by atoms with van der Waals surface area (Å²) in [5, 5.41) is 7.02. The molecular weight excluding hydrogens is 447 g/mol. The predicted octanol–water partition coefficient (Wildman–Crippen LogP) is 4.87. The van der Waals surface area contributed by atoms with Crippen LogP contribution in [0, 0.1) is 23.7 Å². The fourth-order valence-corrected chi connectivity index (χ4v) is 6.00. The highest BCUT2D eigenvalue weighted by Gasteiger charge is 2.46. The van der Waals surface area contributed by atoms with Crippen molar-refractivity contribution in [1.82, 2.24) is 10.3 Å². The van der Waals surface area contributed by atoms with E-state index >= 15 is 0 Å². The number of fused-ring (bicyclic) bond motifs is 2. The summed E-state index contributed by atoms with van der Waals surface area (Å²) < 4.78 is 49.9. The molecule has 0 spiro atoms. The van der Waals surface area contributed by atoms with E-state index < -0.39 is 18.6 Å². The highest BCUT2D eigenvalue weighted by atomic mass is 19.4. The number of amides is 1. The molecule has 34 heavy (non-hydrogen) atoms. The van der Waals surface area contributed by atoms with Crippen molar-refractivity contribution in [3.8, 4) is 5.75 Å². The molecule has 1 saturated carbocycles. The SMILES string of the molecule is O=C(Nc1c[nH]c2ccc(OCC[C@H]3C[C@@H]4CN[C@@H](CC(F)(F)F)[C@H]4C3)cc12)C1CCOCC1. The maximum absolute atomic E-state index is 12.8. The quantitative estimate of drug-likeness (QED) is 0.530. The molecule has 0 radical (unpaired) electrons. The highest BCUT2D eigenvalue weighted by Crippen LogP contribution is 2.45. The van der Waals surface area contributed by atoms with Crippen LogP contribution >= 0.6 is 0 Å². The van der Waals surface area contributed by atoms with Gasteiger partial charge >= 0.3 is 6.18 Å². The third kappa shape index (κ3) is 5.35. The molecule has 9 heteroatoms. The summed E-state index contributed by atoms with van der Waals surface area (Å²) in [5.41, 5.74) is 1.66. The number of rotatable bonds is 7. The smallest absolute Gasteiger partial charge is 0.390 e. The number of halogens is 3. The zero-order valence-electron chi connectivity index (χ0n) is 19.1. The minimum atomic E-state index is -4.12. The fourth-order valence-electron chi connectivity index (χ4n) is 6.00. The second-order valence-electron chi connectivity index (χ2n) is 10.0. The topological polar surface area (TPSA) is 75.4 Å². The largest absolute Gasteiger partial charge is 0.494 e. The van der Waals surface area contributed by atoms with Crippen molar-refractivity contribution in [2.75, 3.05) is 31.7 Å². The van der Waals surface area contributed by atoms with Crippen molar-refractivity contribution >= 4 is 22.5 Å². The van der Waals surface area contributed by atoms with Crippen molar-refractivity contribution in [2.24, 2.45) is 23.7 Å². The van der Waals surface area contributed by atoms with Crippen molar-refractivity contribution in [3.63, 3.8) is 0 Å². The van der Waals surface area contributed by atoms with E-state index in [2.05, 4.69) is 15.6 Å². The summed E-state index contributed by atoms with van der Waals surface area (Å²) in [7, 11) is 0. The average molecular weight is 480 g/mol. The van der Waals surface area contributed by atoms with E-state index in [9.17, 15) is 18.0 Å². The maximum atomic E-state index is 12.8. The van der Waals surface area contributed by atoms with Crippen LogP contribution in [0.25, 0.3) is 10.9 Å². The standard InChI is InChI=1S/C25H32F3N3O3/c26-25(27,28)12-22-19-10-15(9-17(19)13-29-22)3-8-34-18-1-2-21-20(11-18)23(14-30-21)31-24(32)16-4-6-33-7-5-16/h1-2,11,14-17,19,22,29-30H,3-10,12-13H2,(H,31,32)/t15-,17+,19-,22-/m0/s1. The molecule has 1 aromatic heterocycles. The molecule has 3 fully saturated rings. The van der Waals surface area contributed by atoms with Gasteiger partial charge in [0.1, 0.15) is 5.75 Å². The Morgan fingerprint density at radius 2 is 2.03 bits per heavy atom. The third-order valence-corrected chi connectivity index (χ3v) is 7.76. The van der Waals surface area contributed by atoms with Crippen LogP contribution in [-0.4, -0.2) is 49.5 Å². The lowest BCUT2D eigenvalue weighted by atomic mass is 9.92. The van der Waals surface area contributed by atoms with E-state index in [0.29, 0.717) is 38.2 Å². The lowest BCUT2D eigenvalue weighted by Crippen LogP contribution is -2.32. The van der Waals surface area contributed by atoms with Crippen LogP contribution in [0.3, 0.4) is 0 Å². The van der Waals surface area contributed by atoms with Gasteiger partial charge in [0.15, 0.2) is 0 Å². The van der Waals surface area contributed by atoms with Crippen molar-refractivity contribution in [1.29, 1.82) is 0 Å². The Labute approximate surface area is 196 Å². The first-order chi connectivity index (χ1) is 16.4. The van der Waals surface area contributed by atoms with Crippen molar-refractivity contribution in [2.45, 2.75) is 50.7 Å². The summed E-state index contributed by atoms with van der Waals surface area (Å²) >= 11 is 0. The number of nitrogens with one attached hydrogen (secondary N) is 3. The molecule has 0 bridgehead atoms. The Kier molecular flexibility index (Phi) is 6.75. The van der Waals surface area contributed by atoms with E-state index in [-0.39, 0.29) is 17.7 Å². The molecule has 1 amide bonds. The number of aromatic amines is 1. The van der Waals surface area contributed by atoms with Crippen molar-refractivity contribution in [3.05, 3.63) is 24.4 Å². The van der Waals surface area contributed by atoms with Crippen LogP contribution in [-0.2, 0) is 9.53 Å². The Bertz CT molecular complexity index is 1000. The molecule has 6 nitrogen and oxygen atoms in total. The summed E-state index contributed by atoms with van der Waals surface area (Å²) in [6.07, 6.45) is 1.06. The van der Waals surface area contributed by atoms with Gasteiger partial charge < -0.3 is 25.1 Å². The van der Waals surface area contributed by atoms with E-state index in [0.717, 1.165) is 54.4 Å². The number of carbonyl (C=O) groups is 1. The summed E-state index contributed by atoms with van der Waals surface area (Å²) in [4.78, 5) is 15.8. The number of aromatic nitrogens is 1.